The second-order valence-corrected chi connectivity index (χ2v) is 3.80. The maximum atomic E-state index is 10.1. The van der Waals surface area contributed by atoms with Crippen LogP contribution in [0.2, 0.25) is 0 Å². The molecule has 0 unspecified atom stereocenters. The molecule has 4 nitrogen and oxygen atoms in total. The molecule has 1 aromatic rings. The molecule has 0 fully saturated rings. The van der Waals surface area contributed by atoms with Gasteiger partial charge in [-0.3, -0.25) is 0 Å². The summed E-state index contributed by atoms with van der Waals surface area (Å²) in [5.41, 5.74) is -0.604. The van der Waals surface area contributed by atoms with Crippen LogP contribution in [0.5, 0.6) is 11.5 Å². The van der Waals surface area contributed by atoms with Gasteiger partial charge in [0.15, 0.2) is 0 Å². The number of nitrogens with zero attached hydrogens (tertiary/aromatic N) is 1. The van der Waals surface area contributed by atoms with Crippen molar-refractivity contribution in [2.45, 2.75) is 19.4 Å². The van der Waals surface area contributed by atoms with Crippen LogP contribution in [0.3, 0.4) is 0 Å². The number of hydrogen-bond acceptors (Lipinski definition) is 4. The van der Waals surface area contributed by atoms with Crippen LogP contribution in [-0.4, -0.2) is 23.3 Å². The lowest BCUT2D eigenvalue weighted by molar-refractivity contribution is 0.243. The molecule has 0 aliphatic carbocycles. The highest BCUT2D eigenvalue weighted by Crippen LogP contribution is 2.19. The predicted octanol–water partition coefficient (Wildman–Crippen LogP) is 1.89. The Morgan fingerprint density at radius 1 is 1.53 bits per heavy atom. The lowest BCUT2D eigenvalue weighted by Crippen LogP contribution is -2.26. The lowest BCUT2D eigenvalue weighted by Gasteiger charge is -2.17. The third kappa shape index (κ3) is 3.83. The Morgan fingerprint density at radius 2 is 2.27 bits per heavy atom. The SMILES string of the molecule is CC(C)(COc1cccc(O)c1)N=C=O. The Morgan fingerprint density at radius 3 is 2.87 bits per heavy atom. The summed E-state index contributed by atoms with van der Waals surface area (Å²) in [6.07, 6.45) is 1.50. The quantitative estimate of drug-likeness (QED) is 0.605. The van der Waals surface area contributed by atoms with Gasteiger partial charge in [0.2, 0.25) is 6.08 Å². The summed E-state index contributed by atoms with van der Waals surface area (Å²) < 4.78 is 5.37. The molecule has 0 spiro atoms. The van der Waals surface area contributed by atoms with Crippen LogP contribution in [0, 0.1) is 0 Å². The maximum Gasteiger partial charge on any atom is 0.235 e. The molecular formula is C11H13NO3. The molecule has 15 heavy (non-hydrogen) atoms. The normalized spacial score (nSPS) is 10.5. The first-order valence-electron chi connectivity index (χ1n) is 4.54. The molecule has 0 saturated carbocycles. The zero-order valence-electron chi connectivity index (χ0n) is 8.73. The molecule has 0 heterocycles. The van der Waals surface area contributed by atoms with E-state index in [9.17, 15) is 9.90 Å². The van der Waals surface area contributed by atoms with Crippen molar-refractivity contribution >= 4 is 6.08 Å². The number of phenolic OH excluding ortho intramolecular Hbond substituents is 1. The first kappa shape index (κ1) is 11.3. The second-order valence-electron chi connectivity index (χ2n) is 3.80. The van der Waals surface area contributed by atoms with Crippen molar-refractivity contribution in [1.29, 1.82) is 0 Å². The van der Waals surface area contributed by atoms with E-state index in [1.807, 2.05) is 0 Å². The Kier molecular flexibility index (Phi) is 3.47. The molecule has 0 amide bonds. The first-order valence-corrected chi connectivity index (χ1v) is 4.54. The molecule has 4 heteroatoms. The molecule has 0 aliphatic heterocycles. The van der Waals surface area contributed by atoms with E-state index in [1.54, 1.807) is 32.0 Å². The molecule has 80 valence electrons. The van der Waals surface area contributed by atoms with Crippen LogP contribution >= 0.6 is 0 Å². The number of aliphatic imine (C=N–C) groups is 1. The molecule has 0 saturated heterocycles. The summed E-state index contributed by atoms with van der Waals surface area (Å²) in [4.78, 5) is 13.7. The summed E-state index contributed by atoms with van der Waals surface area (Å²) in [6.45, 7) is 3.78. The third-order valence-electron chi connectivity index (χ3n) is 1.76. The Balaban J connectivity index is 2.61. The number of benzene rings is 1. The van der Waals surface area contributed by atoms with E-state index in [0.29, 0.717) is 5.75 Å². The average molecular weight is 207 g/mol. The average Bonchev–Trinajstić information content (AvgIpc) is 2.15. The molecule has 1 rings (SSSR count). The number of hydrogen-bond donors (Lipinski definition) is 1. The number of aromatic hydroxyl groups is 1. The maximum absolute atomic E-state index is 10.1. The number of rotatable bonds is 4. The number of ether oxygens (including phenoxy) is 1. The standard InChI is InChI=1S/C11H13NO3/c1-11(2,12-8-13)7-15-10-5-3-4-9(14)6-10/h3-6,14H,7H2,1-2H3. The van der Waals surface area contributed by atoms with E-state index in [4.69, 9.17) is 4.74 Å². The Hall–Kier alpha value is -1.80. The van der Waals surface area contributed by atoms with E-state index < -0.39 is 5.54 Å². The lowest BCUT2D eigenvalue weighted by atomic mass is 10.1. The zero-order valence-corrected chi connectivity index (χ0v) is 8.73. The van der Waals surface area contributed by atoms with E-state index in [0.717, 1.165) is 0 Å². The molecule has 0 atom stereocenters. The minimum Gasteiger partial charge on any atom is -0.508 e. The van der Waals surface area contributed by atoms with Gasteiger partial charge in [0.25, 0.3) is 0 Å². The minimum atomic E-state index is -0.604. The Labute approximate surface area is 88.2 Å². The molecule has 0 radical (unpaired) electrons. The largest absolute Gasteiger partial charge is 0.508 e. The summed E-state index contributed by atoms with van der Waals surface area (Å²) >= 11 is 0. The summed E-state index contributed by atoms with van der Waals surface area (Å²) in [5.74, 6) is 0.688. The topological polar surface area (TPSA) is 58.9 Å². The third-order valence-corrected chi connectivity index (χ3v) is 1.76. The van der Waals surface area contributed by atoms with Crippen molar-refractivity contribution in [2.24, 2.45) is 4.99 Å². The van der Waals surface area contributed by atoms with Crippen LogP contribution in [0.1, 0.15) is 13.8 Å². The highest BCUT2D eigenvalue weighted by atomic mass is 16.5. The van der Waals surface area contributed by atoms with E-state index in [-0.39, 0.29) is 12.4 Å². The minimum absolute atomic E-state index is 0.143. The fraction of sp³-hybridized carbons (Fsp3) is 0.364. The van der Waals surface area contributed by atoms with Gasteiger partial charge in [-0.1, -0.05) is 6.07 Å². The van der Waals surface area contributed by atoms with Gasteiger partial charge in [-0.25, -0.2) is 4.79 Å². The van der Waals surface area contributed by atoms with Crippen molar-refractivity contribution < 1.29 is 14.6 Å². The molecular weight excluding hydrogens is 194 g/mol. The van der Waals surface area contributed by atoms with Crippen LogP contribution in [0.15, 0.2) is 29.3 Å². The molecule has 1 aromatic carbocycles. The number of carbonyl (C=O) groups excluding carboxylic acids is 1. The fourth-order valence-electron chi connectivity index (χ4n) is 0.989. The van der Waals surface area contributed by atoms with Crippen LogP contribution in [0.25, 0.3) is 0 Å². The first-order chi connectivity index (χ1) is 7.03. The van der Waals surface area contributed by atoms with Crippen molar-refractivity contribution in [3.63, 3.8) is 0 Å². The van der Waals surface area contributed by atoms with Crippen molar-refractivity contribution in [3.05, 3.63) is 24.3 Å². The Bertz CT molecular complexity index is 381. The smallest absolute Gasteiger partial charge is 0.235 e. The van der Waals surface area contributed by atoms with Gasteiger partial charge < -0.3 is 9.84 Å². The van der Waals surface area contributed by atoms with Gasteiger partial charge >= 0.3 is 0 Å². The predicted molar refractivity (Wildman–Crippen MR) is 55.8 cm³/mol. The molecule has 0 aromatic heterocycles. The summed E-state index contributed by atoms with van der Waals surface area (Å²) in [5, 5.41) is 9.18. The van der Waals surface area contributed by atoms with Gasteiger partial charge in [-0.15, -0.1) is 0 Å². The number of isocyanates is 1. The molecule has 1 N–H and O–H groups in total. The van der Waals surface area contributed by atoms with Crippen LogP contribution in [0.4, 0.5) is 0 Å². The van der Waals surface area contributed by atoms with Gasteiger partial charge in [0.1, 0.15) is 23.6 Å². The summed E-state index contributed by atoms with van der Waals surface area (Å²) in [6, 6.07) is 6.46. The van der Waals surface area contributed by atoms with E-state index in [1.165, 1.54) is 12.1 Å². The highest BCUT2D eigenvalue weighted by molar-refractivity contribution is 5.35. The monoisotopic (exact) mass is 207 g/mol. The van der Waals surface area contributed by atoms with Gasteiger partial charge in [-0.2, -0.15) is 4.99 Å². The highest BCUT2D eigenvalue weighted by Gasteiger charge is 2.17. The number of phenols is 1. The van der Waals surface area contributed by atoms with Gasteiger partial charge in [0, 0.05) is 6.07 Å². The van der Waals surface area contributed by atoms with Crippen LogP contribution < -0.4 is 4.74 Å². The molecule has 0 bridgehead atoms. The van der Waals surface area contributed by atoms with Crippen LogP contribution in [-0.2, 0) is 4.79 Å². The second kappa shape index (κ2) is 4.62. The van der Waals surface area contributed by atoms with Gasteiger partial charge in [0.05, 0.1) is 0 Å². The van der Waals surface area contributed by atoms with Crippen molar-refractivity contribution in [2.75, 3.05) is 6.61 Å². The van der Waals surface area contributed by atoms with Crippen molar-refractivity contribution in [1.82, 2.24) is 0 Å². The van der Waals surface area contributed by atoms with E-state index >= 15 is 0 Å². The zero-order chi connectivity index (χ0) is 11.3. The molecule has 0 aliphatic rings. The summed E-state index contributed by atoms with van der Waals surface area (Å²) in [7, 11) is 0. The van der Waals surface area contributed by atoms with E-state index in [2.05, 4.69) is 4.99 Å². The van der Waals surface area contributed by atoms with Crippen molar-refractivity contribution in [3.8, 4) is 11.5 Å². The van der Waals surface area contributed by atoms with Gasteiger partial charge in [-0.05, 0) is 26.0 Å². The fourth-order valence-corrected chi connectivity index (χ4v) is 0.989.